The Morgan fingerprint density at radius 2 is 1.78 bits per heavy atom. The lowest BCUT2D eigenvalue weighted by Crippen LogP contribution is -2.31. The lowest BCUT2D eigenvalue weighted by molar-refractivity contribution is -0.121. The van der Waals surface area contributed by atoms with Crippen LogP contribution in [0, 0.1) is 5.92 Å². The number of halogens is 2. The fourth-order valence-corrected chi connectivity index (χ4v) is 3.55. The van der Waals surface area contributed by atoms with Crippen molar-refractivity contribution in [2.24, 2.45) is 5.92 Å². The van der Waals surface area contributed by atoms with Gasteiger partial charge < -0.3 is 10.1 Å². The first-order valence-electron chi connectivity index (χ1n) is 8.82. The normalized spacial score (nSPS) is 19.4. The third-order valence-corrected chi connectivity index (χ3v) is 5.13. The van der Waals surface area contributed by atoms with Crippen molar-refractivity contribution in [1.82, 2.24) is 4.98 Å². The summed E-state index contributed by atoms with van der Waals surface area (Å²) in [5.74, 6) is 0.304. The molecule has 0 unspecified atom stereocenters. The summed E-state index contributed by atoms with van der Waals surface area (Å²) in [5.41, 5.74) is 1.32. The maximum atomic E-state index is 12.5. The Morgan fingerprint density at radius 3 is 2.37 bits per heavy atom. The predicted molar refractivity (Wildman–Crippen MR) is 106 cm³/mol. The smallest absolute Gasteiger partial charge is 0.232 e. The third-order valence-electron chi connectivity index (χ3n) is 4.66. The molecular weight excluding hydrogens is 387 g/mol. The van der Waals surface area contributed by atoms with Crippen molar-refractivity contribution in [3.8, 4) is 5.88 Å². The van der Waals surface area contributed by atoms with Gasteiger partial charge in [-0.15, -0.1) is 0 Å². The van der Waals surface area contributed by atoms with Crippen LogP contribution in [0.1, 0.15) is 43.0 Å². The summed E-state index contributed by atoms with van der Waals surface area (Å²) in [7, 11) is 0. The van der Waals surface area contributed by atoms with Crippen LogP contribution in [-0.2, 0) is 4.79 Å². The molecule has 0 aliphatic heterocycles. The molecule has 1 heterocycles. The first kappa shape index (κ1) is 19.6. The van der Waals surface area contributed by atoms with Gasteiger partial charge in [0.05, 0.1) is 5.02 Å². The number of rotatable bonds is 5. The van der Waals surface area contributed by atoms with E-state index in [1.807, 2.05) is 0 Å². The summed E-state index contributed by atoms with van der Waals surface area (Å²) in [6.07, 6.45) is 4.44. The molecule has 1 fully saturated rings. The molecule has 1 amide bonds. The molecule has 0 bridgehead atoms. The summed E-state index contributed by atoms with van der Waals surface area (Å²) in [5, 5.41) is 3.77. The molecule has 0 atom stereocenters. The molecule has 5 nitrogen and oxygen atoms in total. The predicted octanol–water partition coefficient (Wildman–Crippen LogP) is 5.17. The van der Waals surface area contributed by atoms with Gasteiger partial charge in [-0.2, -0.15) is 0 Å². The van der Waals surface area contributed by atoms with Crippen LogP contribution in [0.25, 0.3) is 0 Å². The van der Waals surface area contributed by atoms with Gasteiger partial charge in [-0.25, -0.2) is 4.98 Å². The Balaban J connectivity index is 1.50. The van der Waals surface area contributed by atoms with Crippen LogP contribution in [0.2, 0.25) is 10.0 Å². The number of ketones is 1. The van der Waals surface area contributed by atoms with Crippen LogP contribution in [-0.4, -0.2) is 22.8 Å². The summed E-state index contributed by atoms with van der Waals surface area (Å²) in [6, 6.07) is 8.52. The van der Waals surface area contributed by atoms with Crippen molar-refractivity contribution in [2.45, 2.75) is 38.7 Å². The van der Waals surface area contributed by atoms with E-state index >= 15 is 0 Å². The number of ether oxygens (including phenoxy) is 1. The molecule has 0 spiro atoms. The van der Waals surface area contributed by atoms with Crippen molar-refractivity contribution in [1.29, 1.82) is 0 Å². The van der Waals surface area contributed by atoms with E-state index in [9.17, 15) is 9.59 Å². The number of hydrogen-bond donors (Lipinski definition) is 1. The van der Waals surface area contributed by atoms with Crippen molar-refractivity contribution < 1.29 is 14.3 Å². The topological polar surface area (TPSA) is 68.3 Å². The fraction of sp³-hybridized carbons (Fsp3) is 0.350. The highest BCUT2D eigenvalue weighted by molar-refractivity contribution is 6.35. The molecular formula is C20H20Cl2N2O3. The number of amides is 1. The largest absolute Gasteiger partial charge is 0.473 e. The molecule has 1 N–H and O–H groups in total. The van der Waals surface area contributed by atoms with Crippen LogP contribution >= 0.6 is 23.2 Å². The number of carbonyl (C=O) groups excluding carboxylic acids is 2. The molecule has 1 saturated carbocycles. The quantitative estimate of drug-likeness (QED) is 0.695. The number of hydrogen-bond acceptors (Lipinski definition) is 4. The van der Waals surface area contributed by atoms with E-state index in [1.54, 1.807) is 30.3 Å². The van der Waals surface area contributed by atoms with Gasteiger partial charge in [0.15, 0.2) is 5.78 Å². The van der Waals surface area contributed by atoms with Crippen LogP contribution in [0.4, 0.5) is 5.69 Å². The van der Waals surface area contributed by atoms with E-state index in [1.165, 1.54) is 13.1 Å². The zero-order valence-electron chi connectivity index (χ0n) is 14.9. The van der Waals surface area contributed by atoms with Gasteiger partial charge in [0.2, 0.25) is 11.8 Å². The summed E-state index contributed by atoms with van der Waals surface area (Å²) >= 11 is 11.9. The molecule has 2 aromatic rings. The number of pyridine rings is 1. The molecule has 1 aromatic carbocycles. The van der Waals surface area contributed by atoms with Crippen molar-refractivity contribution in [2.75, 3.05) is 5.32 Å². The average molecular weight is 407 g/mol. The number of nitrogens with zero attached hydrogens (tertiary/aromatic N) is 1. The van der Waals surface area contributed by atoms with E-state index in [2.05, 4.69) is 10.3 Å². The van der Waals surface area contributed by atoms with E-state index in [-0.39, 0.29) is 23.7 Å². The second kappa shape index (κ2) is 8.72. The SMILES string of the molecule is CC(=O)c1ccc(NC(=O)C2CCC(Oc3ncc(Cl)cc3Cl)CC2)cc1. The number of benzene rings is 1. The van der Waals surface area contributed by atoms with Gasteiger partial charge in [-0.3, -0.25) is 9.59 Å². The van der Waals surface area contributed by atoms with Crippen molar-refractivity contribution >= 4 is 40.6 Å². The highest BCUT2D eigenvalue weighted by atomic mass is 35.5. The molecule has 1 aromatic heterocycles. The second-order valence-corrected chi connectivity index (χ2v) is 7.50. The van der Waals surface area contributed by atoms with Gasteiger partial charge in [-0.05, 0) is 62.9 Å². The minimum absolute atomic E-state index is 0.00137. The van der Waals surface area contributed by atoms with Crippen LogP contribution < -0.4 is 10.1 Å². The Morgan fingerprint density at radius 1 is 1.11 bits per heavy atom. The molecule has 3 rings (SSSR count). The number of Topliss-reactive ketones (excluding diaryl/α,β-unsaturated/α-hetero) is 1. The van der Waals surface area contributed by atoms with Crippen LogP contribution in [0.15, 0.2) is 36.5 Å². The average Bonchev–Trinajstić information content (AvgIpc) is 2.65. The number of carbonyl (C=O) groups is 2. The number of nitrogens with one attached hydrogen (secondary N) is 1. The number of anilines is 1. The Hall–Kier alpha value is -2.11. The maximum Gasteiger partial charge on any atom is 0.232 e. The zero-order valence-corrected chi connectivity index (χ0v) is 16.4. The monoisotopic (exact) mass is 406 g/mol. The summed E-state index contributed by atoms with van der Waals surface area (Å²) < 4.78 is 5.86. The lowest BCUT2D eigenvalue weighted by Gasteiger charge is -2.28. The van der Waals surface area contributed by atoms with Gasteiger partial charge in [-0.1, -0.05) is 23.2 Å². The van der Waals surface area contributed by atoms with Crippen LogP contribution in [0.3, 0.4) is 0 Å². The van der Waals surface area contributed by atoms with Crippen molar-refractivity contribution in [3.05, 3.63) is 52.1 Å². The van der Waals surface area contributed by atoms with E-state index in [0.717, 1.165) is 25.7 Å². The Labute approximate surface area is 168 Å². The zero-order chi connectivity index (χ0) is 19.4. The first-order valence-corrected chi connectivity index (χ1v) is 9.57. The van der Waals surface area contributed by atoms with Crippen molar-refractivity contribution in [3.63, 3.8) is 0 Å². The summed E-state index contributed by atoms with van der Waals surface area (Å²) in [4.78, 5) is 27.9. The Kier molecular flexibility index (Phi) is 6.34. The minimum Gasteiger partial charge on any atom is -0.473 e. The van der Waals surface area contributed by atoms with Gasteiger partial charge >= 0.3 is 0 Å². The molecule has 7 heteroatoms. The minimum atomic E-state index is -0.0639. The van der Waals surface area contributed by atoms with Gasteiger partial charge in [0.1, 0.15) is 11.1 Å². The van der Waals surface area contributed by atoms with Gasteiger partial charge in [0, 0.05) is 23.4 Å². The fourth-order valence-electron chi connectivity index (χ4n) is 3.12. The molecule has 142 valence electrons. The van der Waals surface area contributed by atoms with Gasteiger partial charge in [0.25, 0.3) is 0 Å². The van der Waals surface area contributed by atoms with Crippen LogP contribution in [0.5, 0.6) is 5.88 Å². The molecule has 0 saturated heterocycles. The molecule has 1 aliphatic carbocycles. The Bertz CT molecular complexity index is 832. The molecule has 1 aliphatic rings. The standard InChI is InChI=1S/C20H20Cl2N2O3/c1-12(25)13-2-6-16(7-3-13)24-19(26)14-4-8-17(9-5-14)27-20-18(22)10-15(21)11-23-20/h2-3,6-7,10-11,14,17H,4-5,8-9H2,1H3,(H,24,26). The maximum absolute atomic E-state index is 12.5. The molecule has 27 heavy (non-hydrogen) atoms. The first-order chi connectivity index (χ1) is 12.9. The lowest BCUT2D eigenvalue weighted by atomic mass is 9.86. The highest BCUT2D eigenvalue weighted by Crippen LogP contribution is 2.31. The number of aromatic nitrogens is 1. The highest BCUT2D eigenvalue weighted by Gasteiger charge is 2.28. The second-order valence-electron chi connectivity index (χ2n) is 6.65. The van der Waals surface area contributed by atoms with E-state index < -0.39 is 0 Å². The molecule has 0 radical (unpaired) electrons. The van der Waals surface area contributed by atoms with E-state index in [4.69, 9.17) is 27.9 Å². The summed E-state index contributed by atoms with van der Waals surface area (Å²) in [6.45, 7) is 1.51. The third kappa shape index (κ3) is 5.21. The van der Waals surface area contributed by atoms with E-state index in [0.29, 0.717) is 27.2 Å².